The van der Waals surface area contributed by atoms with E-state index in [0.717, 1.165) is 13.1 Å². The molecule has 25 heavy (non-hydrogen) atoms. The van der Waals surface area contributed by atoms with E-state index < -0.39 is 5.60 Å². The lowest BCUT2D eigenvalue weighted by Crippen LogP contribution is -2.51. The van der Waals surface area contributed by atoms with Crippen molar-refractivity contribution in [1.29, 1.82) is 0 Å². The van der Waals surface area contributed by atoms with Gasteiger partial charge in [-0.25, -0.2) is 4.79 Å². The molecule has 138 valence electrons. The van der Waals surface area contributed by atoms with Gasteiger partial charge in [0.25, 0.3) is 5.91 Å². The number of urea groups is 1. The number of halogens is 1. The SMILES string of the molecule is C=CCNC(=O)Nc1ccc(NC(=O)C2(OC)CCNCC2)cc1.Cl. The lowest BCUT2D eigenvalue weighted by Gasteiger charge is -2.34. The van der Waals surface area contributed by atoms with E-state index in [1.54, 1.807) is 37.5 Å². The third-order valence-corrected chi connectivity index (χ3v) is 4.02. The minimum Gasteiger partial charge on any atom is -0.368 e. The van der Waals surface area contributed by atoms with E-state index in [1.807, 2.05) is 0 Å². The van der Waals surface area contributed by atoms with Gasteiger partial charge >= 0.3 is 6.03 Å². The van der Waals surface area contributed by atoms with Crippen LogP contribution in [0, 0.1) is 0 Å². The normalized spacial score (nSPS) is 15.4. The molecular formula is C17H25ClN4O3. The van der Waals surface area contributed by atoms with Crippen LogP contribution in [-0.2, 0) is 9.53 Å². The highest BCUT2D eigenvalue weighted by atomic mass is 35.5. The maximum absolute atomic E-state index is 12.5. The molecule has 4 N–H and O–H groups in total. The largest absolute Gasteiger partial charge is 0.368 e. The maximum Gasteiger partial charge on any atom is 0.319 e. The van der Waals surface area contributed by atoms with Crippen molar-refractivity contribution in [3.63, 3.8) is 0 Å². The molecule has 0 aliphatic carbocycles. The van der Waals surface area contributed by atoms with E-state index in [2.05, 4.69) is 27.8 Å². The lowest BCUT2D eigenvalue weighted by atomic mass is 9.91. The van der Waals surface area contributed by atoms with Crippen molar-refractivity contribution < 1.29 is 14.3 Å². The van der Waals surface area contributed by atoms with Crippen molar-refractivity contribution in [2.24, 2.45) is 0 Å². The number of benzene rings is 1. The van der Waals surface area contributed by atoms with Crippen LogP contribution in [0.3, 0.4) is 0 Å². The molecule has 1 fully saturated rings. The summed E-state index contributed by atoms with van der Waals surface area (Å²) in [6, 6.07) is 6.63. The van der Waals surface area contributed by atoms with Gasteiger partial charge < -0.3 is 26.0 Å². The number of amides is 3. The maximum atomic E-state index is 12.5. The van der Waals surface area contributed by atoms with E-state index in [1.165, 1.54) is 0 Å². The third-order valence-electron chi connectivity index (χ3n) is 4.02. The quantitative estimate of drug-likeness (QED) is 0.579. The first kappa shape index (κ1) is 21.0. The Balaban J connectivity index is 0.00000312. The van der Waals surface area contributed by atoms with Gasteiger partial charge in [0.1, 0.15) is 5.60 Å². The zero-order chi connectivity index (χ0) is 17.4. The summed E-state index contributed by atoms with van der Waals surface area (Å²) in [7, 11) is 1.57. The topological polar surface area (TPSA) is 91.5 Å². The first-order valence-corrected chi connectivity index (χ1v) is 7.93. The van der Waals surface area contributed by atoms with Crippen LogP contribution in [0.15, 0.2) is 36.9 Å². The van der Waals surface area contributed by atoms with Crippen molar-refractivity contribution in [2.75, 3.05) is 37.4 Å². The van der Waals surface area contributed by atoms with Crippen LogP contribution in [0.5, 0.6) is 0 Å². The van der Waals surface area contributed by atoms with Gasteiger partial charge in [0.05, 0.1) is 0 Å². The van der Waals surface area contributed by atoms with Crippen LogP contribution >= 0.6 is 12.4 Å². The van der Waals surface area contributed by atoms with Gasteiger partial charge in [-0.1, -0.05) is 6.08 Å². The number of anilines is 2. The predicted molar refractivity (Wildman–Crippen MR) is 101 cm³/mol. The van der Waals surface area contributed by atoms with Crippen molar-refractivity contribution in [3.8, 4) is 0 Å². The second kappa shape index (κ2) is 10.0. The van der Waals surface area contributed by atoms with Gasteiger partial charge in [-0.05, 0) is 50.2 Å². The fourth-order valence-corrected chi connectivity index (χ4v) is 2.58. The summed E-state index contributed by atoms with van der Waals surface area (Å²) >= 11 is 0. The molecule has 1 aliphatic heterocycles. The fraction of sp³-hybridized carbons (Fsp3) is 0.412. The van der Waals surface area contributed by atoms with Crippen LogP contribution in [0.4, 0.5) is 16.2 Å². The first-order valence-electron chi connectivity index (χ1n) is 7.93. The van der Waals surface area contributed by atoms with Gasteiger partial charge in [-0.15, -0.1) is 19.0 Å². The summed E-state index contributed by atoms with van der Waals surface area (Å²) in [5.74, 6) is -0.143. The lowest BCUT2D eigenvalue weighted by molar-refractivity contribution is -0.140. The molecule has 0 radical (unpaired) electrons. The van der Waals surface area contributed by atoms with Crippen LogP contribution in [0.25, 0.3) is 0 Å². The van der Waals surface area contributed by atoms with E-state index >= 15 is 0 Å². The minimum atomic E-state index is -0.785. The predicted octanol–water partition coefficient (Wildman–Crippen LogP) is 2.12. The number of ether oxygens (including phenoxy) is 1. The van der Waals surface area contributed by atoms with Crippen LogP contribution in [0.2, 0.25) is 0 Å². The molecule has 1 aromatic carbocycles. The van der Waals surface area contributed by atoms with Gasteiger partial charge in [0, 0.05) is 25.0 Å². The minimum absolute atomic E-state index is 0. The number of nitrogens with one attached hydrogen (secondary N) is 4. The van der Waals surface area contributed by atoms with Crippen molar-refractivity contribution in [3.05, 3.63) is 36.9 Å². The van der Waals surface area contributed by atoms with Crippen LogP contribution < -0.4 is 21.3 Å². The molecule has 0 aromatic heterocycles. The first-order chi connectivity index (χ1) is 11.6. The summed E-state index contributed by atoms with van der Waals surface area (Å²) in [6.45, 7) is 5.44. The Labute approximate surface area is 154 Å². The monoisotopic (exact) mass is 368 g/mol. The standard InChI is InChI=1S/C17H24N4O3.ClH/c1-3-10-19-16(23)21-14-6-4-13(5-7-14)20-15(22)17(24-2)8-11-18-12-9-17;/h3-7,18H,1,8-12H2,2H3,(H,20,22)(H2,19,21,23);1H. The fourth-order valence-electron chi connectivity index (χ4n) is 2.58. The Morgan fingerprint density at radius 1 is 1.20 bits per heavy atom. The molecule has 0 spiro atoms. The highest BCUT2D eigenvalue weighted by molar-refractivity contribution is 5.98. The second-order valence-electron chi connectivity index (χ2n) is 5.60. The van der Waals surface area contributed by atoms with Gasteiger partial charge in [0.15, 0.2) is 0 Å². The van der Waals surface area contributed by atoms with Crippen LogP contribution in [-0.4, -0.2) is 44.3 Å². The van der Waals surface area contributed by atoms with E-state index in [9.17, 15) is 9.59 Å². The number of carbonyl (C=O) groups is 2. The molecule has 2 rings (SSSR count). The van der Waals surface area contributed by atoms with E-state index in [0.29, 0.717) is 30.8 Å². The molecule has 0 atom stereocenters. The van der Waals surface area contributed by atoms with E-state index in [-0.39, 0.29) is 24.3 Å². The Hall–Kier alpha value is -2.09. The van der Waals surface area contributed by atoms with Crippen molar-refractivity contribution >= 4 is 35.7 Å². The number of piperidine rings is 1. The van der Waals surface area contributed by atoms with Gasteiger partial charge in [0.2, 0.25) is 0 Å². The number of methoxy groups -OCH3 is 1. The van der Waals surface area contributed by atoms with Crippen molar-refractivity contribution in [1.82, 2.24) is 10.6 Å². The Morgan fingerprint density at radius 3 is 2.28 bits per heavy atom. The number of carbonyl (C=O) groups excluding carboxylic acids is 2. The third kappa shape index (κ3) is 5.74. The Kier molecular flexibility index (Phi) is 8.40. The van der Waals surface area contributed by atoms with Gasteiger partial charge in [-0.2, -0.15) is 0 Å². The smallest absolute Gasteiger partial charge is 0.319 e. The zero-order valence-electron chi connectivity index (χ0n) is 14.3. The average Bonchev–Trinajstić information content (AvgIpc) is 2.62. The highest BCUT2D eigenvalue weighted by Crippen LogP contribution is 2.25. The van der Waals surface area contributed by atoms with Crippen LogP contribution in [0.1, 0.15) is 12.8 Å². The van der Waals surface area contributed by atoms with Gasteiger partial charge in [-0.3, -0.25) is 4.79 Å². The molecule has 7 nitrogen and oxygen atoms in total. The molecule has 0 bridgehead atoms. The molecule has 8 heteroatoms. The molecule has 0 saturated carbocycles. The Morgan fingerprint density at radius 2 is 1.76 bits per heavy atom. The molecule has 1 aromatic rings. The molecule has 1 saturated heterocycles. The summed E-state index contributed by atoms with van der Waals surface area (Å²) in [5, 5.41) is 11.4. The van der Waals surface area contributed by atoms with E-state index in [4.69, 9.17) is 4.74 Å². The number of rotatable bonds is 6. The summed E-state index contributed by atoms with van der Waals surface area (Å²) < 4.78 is 5.50. The Bertz CT molecular complexity index is 586. The molecule has 3 amide bonds. The number of hydrogen-bond donors (Lipinski definition) is 4. The molecular weight excluding hydrogens is 344 g/mol. The van der Waals surface area contributed by atoms with Crippen molar-refractivity contribution in [2.45, 2.75) is 18.4 Å². The number of hydrogen-bond acceptors (Lipinski definition) is 4. The molecule has 1 heterocycles. The second-order valence-corrected chi connectivity index (χ2v) is 5.60. The molecule has 1 aliphatic rings. The summed E-state index contributed by atoms with van der Waals surface area (Å²) in [6.07, 6.45) is 2.88. The highest BCUT2D eigenvalue weighted by Gasteiger charge is 2.39. The summed E-state index contributed by atoms with van der Waals surface area (Å²) in [5.41, 5.74) is 0.511. The molecule has 0 unspecified atom stereocenters. The zero-order valence-corrected chi connectivity index (χ0v) is 15.1. The average molecular weight is 369 g/mol. The summed E-state index contributed by atoms with van der Waals surface area (Å²) in [4.78, 5) is 24.1.